The number of likely N-dealkylation sites (tertiary alicyclic amines) is 1. The van der Waals surface area contributed by atoms with Gasteiger partial charge < -0.3 is 5.32 Å². The number of fused-ring (bicyclic) bond motifs is 2. The zero-order chi connectivity index (χ0) is 12.5. The Balaban J connectivity index is 1.49. The lowest BCUT2D eigenvalue weighted by atomic mass is 9.77. The molecule has 3 fully saturated rings. The summed E-state index contributed by atoms with van der Waals surface area (Å²) in [5.41, 5.74) is 0. The van der Waals surface area contributed by atoms with Crippen molar-refractivity contribution in [2.75, 3.05) is 19.6 Å². The van der Waals surface area contributed by atoms with Crippen LogP contribution in [0.5, 0.6) is 0 Å². The number of hydrogen-bond acceptors (Lipinski definition) is 2. The van der Waals surface area contributed by atoms with Crippen molar-refractivity contribution in [2.45, 2.75) is 64.5 Å². The van der Waals surface area contributed by atoms with E-state index in [1.807, 2.05) is 0 Å². The minimum Gasteiger partial charge on any atom is -0.314 e. The molecule has 0 radical (unpaired) electrons. The smallest absolute Gasteiger partial charge is 0.0105 e. The predicted octanol–water partition coefficient (Wildman–Crippen LogP) is 2.89. The Morgan fingerprint density at radius 3 is 2.33 bits per heavy atom. The Bertz CT molecular complexity index is 262. The summed E-state index contributed by atoms with van der Waals surface area (Å²) in [7, 11) is 0. The van der Waals surface area contributed by atoms with E-state index in [2.05, 4.69) is 24.1 Å². The molecule has 18 heavy (non-hydrogen) atoms. The highest BCUT2D eigenvalue weighted by Crippen LogP contribution is 2.35. The molecule has 0 amide bonds. The van der Waals surface area contributed by atoms with E-state index in [1.54, 1.807) is 0 Å². The molecular formula is C16H30N2. The summed E-state index contributed by atoms with van der Waals surface area (Å²) < 4.78 is 0. The molecule has 2 heteroatoms. The quantitative estimate of drug-likeness (QED) is 0.807. The van der Waals surface area contributed by atoms with Crippen molar-refractivity contribution < 1.29 is 0 Å². The first-order chi connectivity index (χ1) is 8.72. The SMILES string of the molecule is CC(CNC1CC1)C(C)N1CC2CCCC(C2)C1. The summed E-state index contributed by atoms with van der Waals surface area (Å²) in [4.78, 5) is 2.80. The molecule has 2 aliphatic carbocycles. The van der Waals surface area contributed by atoms with E-state index in [4.69, 9.17) is 0 Å². The molecule has 1 aliphatic heterocycles. The maximum absolute atomic E-state index is 3.70. The highest BCUT2D eigenvalue weighted by molar-refractivity contribution is 4.88. The Labute approximate surface area is 113 Å². The Hall–Kier alpha value is -0.0800. The van der Waals surface area contributed by atoms with Crippen LogP contribution in [0, 0.1) is 17.8 Å². The van der Waals surface area contributed by atoms with Gasteiger partial charge in [-0.05, 0) is 63.3 Å². The van der Waals surface area contributed by atoms with E-state index in [0.717, 1.165) is 29.8 Å². The second-order valence-electron chi connectivity index (χ2n) is 7.25. The lowest BCUT2D eigenvalue weighted by Crippen LogP contribution is -2.50. The zero-order valence-electron chi connectivity index (χ0n) is 12.2. The third-order valence-electron chi connectivity index (χ3n) is 5.58. The second kappa shape index (κ2) is 5.50. The van der Waals surface area contributed by atoms with Crippen molar-refractivity contribution in [1.29, 1.82) is 0 Å². The summed E-state index contributed by atoms with van der Waals surface area (Å²) in [6.07, 6.45) is 8.83. The molecule has 1 N–H and O–H groups in total. The van der Waals surface area contributed by atoms with E-state index >= 15 is 0 Å². The van der Waals surface area contributed by atoms with Crippen molar-refractivity contribution in [3.8, 4) is 0 Å². The fourth-order valence-corrected chi connectivity index (χ4v) is 3.97. The summed E-state index contributed by atoms with van der Waals surface area (Å²) in [6, 6.07) is 1.63. The highest BCUT2D eigenvalue weighted by Gasteiger charge is 2.34. The standard InChI is InChI=1S/C16H30N2/c1-12(9-17-16-6-7-16)13(2)18-10-14-4-3-5-15(8-14)11-18/h12-17H,3-11H2,1-2H3. The van der Waals surface area contributed by atoms with Gasteiger partial charge in [0.15, 0.2) is 0 Å². The fraction of sp³-hybridized carbons (Fsp3) is 1.00. The molecule has 2 nitrogen and oxygen atoms in total. The average Bonchev–Trinajstić information content (AvgIpc) is 3.18. The largest absolute Gasteiger partial charge is 0.314 e. The van der Waals surface area contributed by atoms with Crippen LogP contribution in [0.3, 0.4) is 0 Å². The van der Waals surface area contributed by atoms with E-state index in [-0.39, 0.29) is 0 Å². The molecule has 0 aromatic heterocycles. The summed E-state index contributed by atoms with van der Waals surface area (Å²) in [6.45, 7) is 8.87. The first kappa shape index (κ1) is 12.9. The van der Waals surface area contributed by atoms with E-state index < -0.39 is 0 Å². The molecule has 4 unspecified atom stereocenters. The Kier molecular flexibility index (Phi) is 3.95. The first-order valence-corrected chi connectivity index (χ1v) is 8.20. The van der Waals surface area contributed by atoms with Crippen molar-refractivity contribution >= 4 is 0 Å². The number of nitrogens with zero attached hydrogens (tertiary/aromatic N) is 1. The zero-order valence-corrected chi connectivity index (χ0v) is 12.2. The Morgan fingerprint density at radius 2 is 1.72 bits per heavy atom. The van der Waals surface area contributed by atoms with Crippen LogP contribution in [0.4, 0.5) is 0 Å². The van der Waals surface area contributed by atoms with Crippen LogP contribution in [0.1, 0.15) is 52.4 Å². The number of rotatable bonds is 5. The van der Waals surface area contributed by atoms with Gasteiger partial charge in [-0.1, -0.05) is 13.3 Å². The van der Waals surface area contributed by atoms with Crippen molar-refractivity contribution in [3.05, 3.63) is 0 Å². The summed E-state index contributed by atoms with van der Waals surface area (Å²) in [5, 5.41) is 3.70. The van der Waals surface area contributed by atoms with Crippen molar-refractivity contribution in [2.24, 2.45) is 17.8 Å². The molecule has 2 bridgehead atoms. The van der Waals surface area contributed by atoms with Crippen molar-refractivity contribution in [3.63, 3.8) is 0 Å². The third kappa shape index (κ3) is 3.08. The average molecular weight is 250 g/mol. The third-order valence-corrected chi connectivity index (χ3v) is 5.58. The van der Waals surface area contributed by atoms with Crippen LogP contribution < -0.4 is 5.32 Å². The van der Waals surface area contributed by atoms with Gasteiger partial charge in [0.05, 0.1) is 0 Å². The van der Waals surface area contributed by atoms with Gasteiger partial charge in [0.1, 0.15) is 0 Å². The first-order valence-electron chi connectivity index (χ1n) is 8.20. The molecule has 2 saturated carbocycles. The fourth-order valence-electron chi connectivity index (χ4n) is 3.97. The monoisotopic (exact) mass is 250 g/mol. The van der Waals surface area contributed by atoms with Crippen LogP contribution in [-0.2, 0) is 0 Å². The lowest BCUT2D eigenvalue weighted by molar-refractivity contribution is 0.0409. The van der Waals surface area contributed by atoms with Crippen LogP contribution in [0.15, 0.2) is 0 Å². The number of nitrogens with one attached hydrogen (secondary N) is 1. The molecule has 0 aromatic carbocycles. The molecule has 0 aromatic rings. The van der Waals surface area contributed by atoms with E-state index in [1.165, 1.54) is 58.2 Å². The van der Waals surface area contributed by atoms with Gasteiger partial charge in [0, 0.05) is 25.2 Å². The van der Waals surface area contributed by atoms with Gasteiger partial charge in [-0.3, -0.25) is 4.90 Å². The maximum atomic E-state index is 3.70. The second-order valence-corrected chi connectivity index (χ2v) is 7.25. The summed E-state index contributed by atoms with van der Waals surface area (Å²) >= 11 is 0. The maximum Gasteiger partial charge on any atom is 0.0105 e. The number of piperidine rings is 1. The van der Waals surface area contributed by atoms with Crippen LogP contribution in [-0.4, -0.2) is 36.6 Å². The van der Waals surface area contributed by atoms with Gasteiger partial charge in [-0.25, -0.2) is 0 Å². The molecule has 104 valence electrons. The molecule has 0 spiro atoms. The number of hydrogen-bond donors (Lipinski definition) is 1. The van der Waals surface area contributed by atoms with Gasteiger partial charge in [0.25, 0.3) is 0 Å². The van der Waals surface area contributed by atoms with Crippen molar-refractivity contribution in [1.82, 2.24) is 10.2 Å². The van der Waals surface area contributed by atoms with Crippen LogP contribution >= 0.6 is 0 Å². The molecule has 3 rings (SSSR count). The Morgan fingerprint density at radius 1 is 1.06 bits per heavy atom. The van der Waals surface area contributed by atoms with Gasteiger partial charge in [-0.15, -0.1) is 0 Å². The normalized spacial score (nSPS) is 36.3. The topological polar surface area (TPSA) is 15.3 Å². The minimum absolute atomic E-state index is 0.764. The highest BCUT2D eigenvalue weighted by atomic mass is 15.2. The molecule has 1 heterocycles. The minimum atomic E-state index is 0.764. The van der Waals surface area contributed by atoms with Gasteiger partial charge >= 0.3 is 0 Å². The van der Waals surface area contributed by atoms with Crippen LogP contribution in [0.25, 0.3) is 0 Å². The van der Waals surface area contributed by atoms with Gasteiger partial charge in [0.2, 0.25) is 0 Å². The molecule has 4 atom stereocenters. The lowest BCUT2D eigenvalue weighted by Gasteiger charge is -2.45. The van der Waals surface area contributed by atoms with E-state index in [9.17, 15) is 0 Å². The molecular weight excluding hydrogens is 220 g/mol. The molecule has 1 saturated heterocycles. The van der Waals surface area contributed by atoms with E-state index in [0.29, 0.717) is 0 Å². The predicted molar refractivity (Wildman–Crippen MR) is 76.7 cm³/mol. The van der Waals surface area contributed by atoms with Crippen LogP contribution in [0.2, 0.25) is 0 Å². The van der Waals surface area contributed by atoms with Gasteiger partial charge in [-0.2, -0.15) is 0 Å². The summed E-state index contributed by atoms with van der Waals surface area (Å²) in [5.74, 6) is 2.83. The molecule has 3 aliphatic rings.